The first-order valence-electron chi connectivity index (χ1n) is 8.96. The van der Waals surface area contributed by atoms with Crippen LogP contribution in [0.15, 0.2) is 54.6 Å². The fourth-order valence-corrected chi connectivity index (χ4v) is 2.81. The van der Waals surface area contributed by atoms with Gasteiger partial charge in [0.2, 0.25) is 17.8 Å². The predicted octanol–water partition coefficient (Wildman–Crippen LogP) is 3.81. The number of hydrogen-bond donors (Lipinski definition) is 3. The summed E-state index contributed by atoms with van der Waals surface area (Å²) in [5, 5.41) is 6.38. The van der Waals surface area contributed by atoms with E-state index >= 15 is 0 Å². The SMILES string of the molecule is CC[C@H](Nc1nc(N)nc(NCCc2ccccc2F)n1)c1ccccc1. The molecule has 0 spiro atoms. The average Bonchev–Trinajstić information content (AvgIpc) is 2.68. The maximum Gasteiger partial charge on any atom is 0.229 e. The van der Waals surface area contributed by atoms with E-state index in [2.05, 4.69) is 44.6 Å². The molecule has 3 rings (SSSR count). The van der Waals surface area contributed by atoms with Crippen LogP contribution >= 0.6 is 0 Å². The van der Waals surface area contributed by atoms with E-state index in [1.807, 2.05) is 24.3 Å². The summed E-state index contributed by atoms with van der Waals surface area (Å²) in [7, 11) is 0. The summed E-state index contributed by atoms with van der Waals surface area (Å²) in [6, 6.07) is 16.9. The van der Waals surface area contributed by atoms with E-state index in [0.717, 1.165) is 12.0 Å². The Kier molecular flexibility index (Phi) is 6.14. The van der Waals surface area contributed by atoms with Gasteiger partial charge in [-0.3, -0.25) is 0 Å². The van der Waals surface area contributed by atoms with Crippen molar-refractivity contribution < 1.29 is 4.39 Å². The molecule has 1 aromatic heterocycles. The molecule has 2 aromatic carbocycles. The molecule has 1 atom stereocenters. The molecule has 0 saturated heterocycles. The molecule has 140 valence electrons. The lowest BCUT2D eigenvalue weighted by atomic mass is 10.1. The van der Waals surface area contributed by atoms with Gasteiger partial charge in [-0.15, -0.1) is 0 Å². The van der Waals surface area contributed by atoms with E-state index < -0.39 is 0 Å². The predicted molar refractivity (Wildman–Crippen MR) is 106 cm³/mol. The first kappa shape index (κ1) is 18.6. The number of nitrogens with one attached hydrogen (secondary N) is 2. The molecule has 0 fully saturated rings. The highest BCUT2D eigenvalue weighted by Crippen LogP contribution is 2.21. The first-order chi connectivity index (χ1) is 13.2. The monoisotopic (exact) mass is 366 g/mol. The number of nitrogen functional groups attached to an aromatic ring is 1. The van der Waals surface area contributed by atoms with Crippen LogP contribution in [0.1, 0.15) is 30.5 Å². The molecule has 0 saturated carbocycles. The van der Waals surface area contributed by atoms with Gasteiger partial charge in [-0.05, 0) is 30.0 Å². The molecular formula is C20H23FN6. The van der Waals surface area contributed by atoms with Gasteiger partial charge in [-0.2, -0.15) is 15.0 Å². The summed E-state index contributed by atoms with van der Waals surface area (Å²) in [4.78, 5) is 12.7. The molecular weight excluding hydrogens is 343 g/mol. The van der Waals surface area contributed by atoms with Crippen LogP contribution in [0, 0.1) is 5.82 Å². The minimum absolute atomic E-state index is 0.0688. The van der Waals surface area contributed by atoms with Gasteiger partial charge in [0, 0.05) is 6.54 Å². The molecule has 0 aliphatic heterocycles. The molecule has 6 nitrogen and oxygen atoms in total. The van der Waals surface area contributed by atoms with Gasteiger partial charge in [0.15, 0.2) is 0 Å². The highest BCUT2D eigenvalue weighted by atomic mass is 19.1. The zero-order valence-electron chi connectivity index (χ0n) is 15.2. The van der Waals surface area contributed by atoms with Crippen molar-refractivity contribution in [1.82, 2.24) is 15.0 Å². The quantitative estimate of drug-likeness (QED) is 0.562. The molecule has 1 heterocycles. The molecule has 0 bridgehead atoms. The second-order valence-corrected chi connectivity index (χ2v) is 6.12. The van der Waals surface area contributed by atoms with Crippen molar-refractivity contribution in [3.63, 3.8) is 0 Å². The smallest absolute Gasteiger partial charge is 0.229 e. The van der Waals surface area contributed by atoms with Gasteiger partial charge in [0.05, 0.1) is 6.04 Å². The number of aromatic nitrogens is 3. The van der Waals surface area contributed by atoms with Crippen LogP contribution in [0.2, 0.25) is 0 Å². The summed E-state index contributed by atoms with van der Waals surface area (Å²) in [5.74, 6) is 0.685. The minimum Gasteiger partial charge on any atom is -0.368 e. The Morgan fingerprint density at radius 3 is 2.41 bits per heavy atom. The fraction of sp³-hybridized carbons (Fsp3) is 0.250. The highest BCUT2D eigenvalue weighted by Gasteiger charge is 2.12. The number of benzene rings is 2. The second kappa shape index (κ2) is 8.93. The Bertz CT molecular complexity index is 871. The second-order valence-electron chi connectivity index (χ2n) is 6.12. The van der Waals surface area contributed by atoms with Gasteiger partial charge in [0.25, 0.3) is 0 Å². The van der Waals surface area contributed by atoms with Crippen molar-refractivity contribution in [2.45, 2.75) is 25.8 Å². The Morgan fingerprint density at radius 1 is 0.963 bits per heavy atom. The summed E-state index contributed by atoms with van der Waals surface area (Å²) in [6.07, 6.45) is 1.38. The van der Waals surface area contributed by atoms with Crippen LogP contribution in [-0.2, 0) is 6.42 Å². The lowest BCUT2D eigenvalue weighted by molar-refractivity contribution is 0.610. The van der Waals surface area contributed by atoms with Crippen LogP contribution in [0.3, 0.4) is 0 Å². The summed E-state index contributed by atoms with van der Waals surface area (Å²) in [6.45, 7) is 2.57. The van der Waals surface area contributed by atoms with E-state index in [1.165, 1.54) is 6.07 Å². The van der Waals surface area contributed by atoms with E-state index in [9.17, 15) is 4.39 Å². The first-order valence-corrected chi connectivity index (χ1v) is 8.96. The van der Waals surface area contributed by atoms with Crippen LogP contribution in [0.4, 0.5) is 22.2 Å². The largest absolute Gasteiger partial charge is 0.368 e. The average molecular weight is 366 g/mol. The summed E-state index contributed by atoms with van der Waals surface area (Å²) < 4.78 is 13.7. The van der Waals surface area contributed by atoms with Crippen LogP contribution < -0.4 is 16.4 Å². The molecule has 0 radical (unpaired) electrons. The van der Waals surface area contributed by atoms with Crippen LogP contribution in [0.5, 0.6) is 0 Å². The number of halogens is 1. The third-order valence-electron chi connectivity index (χ3n) is 4.20. The van der Waals surface area contributed by atoms with Crippen molar-refractivity contribution in [1.29, 1.82) is 0 Å². The zero-order chi connectivity index (χ0) is 19.1. The van der Waals surface area contributed by atoms with Crippen molar-refractivity contribution in [2.75, 3.05) is 22.9 Å². The maximum atomic E-state index is 13.7. The molecule has 0 aliphatic carbocycles. The molecule has 7 heteroatoms. The van der Waals surface area contributed by atoms with Crippen molar-refractivity contribution in [3.05, 3.63) is 71.5 Å². The Balaban J connectivity index is 1.66. The number of rotatable bonds is 8. The molecule has 0 unspecified atom stereocenters. The van der Waals surface area contributed by atoms with E-state index in [0.29, 0.717) is 30.4 Å². The Morgan fingerprint density at radius 2 is 1.67 bits per heavy atom. The standard InChI is InChI=1S/C20H23FN6/c1-2-17(15-9-4-3-5-10-15)24-20-26-18(22)25-19(27-20)23-13-12-14-8-6-7-11-16(14)21/h3-11,17H,2,12-13H2,1H3,(H4,22,23,24,25,26,27)/t17-/m0/s1. The van der Waals surface area contributed by atoms with Gasteiger partial charge in [-0.1, -0.05) is 55.5 Å². The molecule has 0 aliphatic rings. The maximum absolute atomic E-state index is 13.7. The van der Waals surface area contributed by atoms with E-state index in [1.54, 1.807) is 12.1 Å². The third-order valence-corrected chi connectivity index (χ3v) is 4.20. The number of nitrogens with zero attached hydrogens (tertiary/aromatic N) is 3. The molecule has 0 amide bonds. The van der Waals surface area contributed by atoms with Crippen molar-refractivity contribution in [3.8, 4) is 0 Å². The minimum atomic E-state index is -0.217. The molecule has 4 N–H and O–H groups in total. The Labute approximate surface area is 158 Å². The summed E-state index contributed by atoms with van der Waals surface area (Å²) in [5.41, 5.74) is 7.61. The highest BCUT2D eigenvalue weighted by molar-refractivity contribution is 5.42. The van der Waals surface area contributed by atoms with E-state index in [4.69, 9.17) is 5.73 Å². The number of nitrogens with two attached hydrogens (primary N) is 1. The Hall–Kier alpha value is -3.22. The van der Waals surface area contributed by atoms with Gasteiger partial charge in [-0.25, -0.2) is 4.39 Å². The molecule has 3 aromatic rings. The number of hydrogen-bond acceptors (Lipinski definition) is 6. The summed E-state index contributed by atoms with van der Waals surface area (Å²) >= 11 is 0. The lowest BCUT2D eigenvalue weighted by Crippen LogP contribution is -2.16. The van der Waals surface area contributed by atoms with Gasteiger partial charge in [0.1, 0.15) is 5.82 Å². The topological polar surface area (TPSA) is 88.8 Å². The van der Waals surface area contributed by atoms with Crippen LogP contribution in [0.25, 0.3) is 0 Å². The fourth-order valence-electron chi connectivity index (χ4n) is 2.81. The van der Waals surface area contributed by atoms with Gasteiger partial charge >= 0.3 is 0 Å². The zero-order valence-corrected chi connectivity index (χ0v) is 15.2. The van der Waals surface area contributed by atoms with E-state index in [-0.39, 0.29) is 17.8 Å². The molecule has 27 heavy (non-hydrogen) atoms. The van der Waals surface area contributed by atoms with Gasteiger partial charge < -0.3 is 16.4 Å². The lowest BCUT2D eigenvalue weighted by Gasteiger charge is -2.18. The van der Waals surface area contributed by atoms with Crippen molar-refractivity contribution >= 4 is 17.8 Å². The number of anilines is 3. The normalized spacial score (nSPS) is 11.8. The van der Waals surface area contributed by atoms with Crippen LogP contribution in [-0.4, -0.2) is 21.5 Å². The third kappa shape index (κ3) is 5.13. The van der Waals surface area contributed by atoms with Crippen molar-refractivity contribution in [2.24, 2.45) is 0 Å².